The molecular formula is C29H41F3N6O. The summed E-state index contributed by atoms with van der Waals surface area (Å²) >= 11 is 0. The Labute approximate surface area is 228 Å². The van der Waals surface area contributed by atoms with E-state index in [-0.39, 0.29) is 30.1 Å². The summed E-state index contributed by atoms with van der Waals surface area (Å²) in [6.07, 6.45) is 8.24. The number of nitrogens with zero attached hydrogens (tertiary/aromatic N) is 5. The van der Waals surface area contributed by atoms with Crippen molar-refractivity contribution in [2.45, 2.75) is 89.5 Å². The summed E-state index contributed by atoms with van der Waals surface area (Å²) < 4.78 is 38.6. The molecule has 2 aliphatic heterocycles. The SMILES string of the molecule is C[C@@H]1CN(c2ncc(C(F)(F)F)cn2)C[C@H](C)N1C(=O)NC1CC2(C1)CN(CC13CC4CC(CC(C4)C1)C3)C2. The van der Waals surface area contributed by atoms with Gasteiger partial charge in [0.2, 0.25) is 5.95 Å². The number of urea groups is 1. The largest absolute Gasteiger partial charge is 0.419 e. The molecule has 0 unspecified atom stereocenters. The fourth-order valence-electron chi connectivity index (χ4n) is 10.1. The molecule has 214 valence electrons. The fraction of sp³-hybridized carbons (Fsp3) is 0.828. The highest BCUT2D eigenvalue weighted by Gasteiger charge is 2.57. The molecule has 5 aliphatic carbocycles. The molecule has 1 N–H and O–H groups in total. The summed E-state index contributed by atoms with van der Waals surface area (Å²) in [5.41, 5.74) is 0.148. The van der Waals surface area contributed by atoms with E-state index in [1.807, 2.05) is 23.6 Å². The second kappa shape index (κ2) is 8.95. The maximum absolute atomic E-state index is 13.2. The molecule has 2 amide bonds. The number of rotatable bonds is 4. The Bertz CT molecular complexity index is 1050. The summed E-state index contributed by atoms with van der Waals surface area (Å²) in [4.78, 5) is 27.6. The fourth-order valence-corrected chi connectivity index (χ4v) is 10.1. The van der Waals surface area contributed by atoms with Crippen molar-refractivity contribution in [3.63, 3.8) is 0 Å². The van der Waals surface area contributed by atoms with Crippen molar-refractivity contribution in [1.29, 1.82) is 0 Å². The molecule has 10 heteroatoms. The third-order valence-corrected chi connectivity index (χ3v) is 10.9. The van der Waals surface area contributed by atoms with E-state index in [9.17, 15) is 18.0 Å². The van der Waals surface area contributed by atoms with E-state index in [1.54, 1.807) is 0 Å². The minimum Gasteiger partial charge on any atom is -0.337 e. The van der Waals surface area contributed by atoms with Gasteiger partial charge in [0, 0.05) is 63.2 Å². The second-order valence-electron chi connectivity index (χ2n) is 14.4. The number of carbonyl (C=O) groups excluding carboxylic acids is 1. The van der Waals surface area contributed by atoms with E-state index < -0.39 is 11.7 Å². The molecule has 39 heavy (non-hydrogen) atoms. The quantitative estimate of drug-likeness (QED) is 0.589. The third kappa shape index (κ3) is 4.68. The Morgan fingerprint density at radius 3 is 2.00 bits per heavy atom. The second-order valence-corrected chi connectivity index (χ2v) is 14.4. The number of hydrogen-bond acceptors (Lipinski definition) is 5. The maximum Gasteiger partial charge on any atom is 0.419 e. The standard InChI is InChI=1S/C29H41F3N6O/c1-18-13-37(25-33-11-23(12-34-25)29(30,31)32)14-19(2)38(18)26(39)35-24-9-28(10-24)16-36(17-28)15-27-6-20-3-21(7-27)5-22(4-20)8-27/h11-12,18-22,24H,3-10,13-17H2,1-2H3,(H,35,39)/t18-,19+,20?,21?,22?,27?. The Morgan fingerprint density at radius 2 is 1.49 bits per heavy atom. The summed E-state index contributed by atoms with van der Waals surface area (Å²) in [6, 6.07) is -0.0104. The van der Waals surface area contributed by atoms with Crippen molar-refractivity contribution in [3.05, 3.63) is 18.0 Å². The number of carbonyl (C=O) groups is 1. The van der Waals surface area contributed by atoms with Crippen LogP contribution in [-0.2, 0) is 6.18 Å². The van der Waals surface area contributed by atoms with Crippen LogP contribution in [0, 0.1) is 28.6 Å². The molecule has 7 fully saturated rings. The number of halogens is 3. The predicted molar refractivity (Wildman–Crippen MR) is 141 cm³/mol. The zero-order valence-corrected chi connectivity index (χ0v) is 23.1. The van der Waals surface area contributed by atoms with E-state index in [0.717, 1.165) is 43.0 Å². The van der Waals surface area contributed by atoms with Gasteiger partial charge in [-0.3, -0.25) is 0 Å². The van der Waals surface area contributed by atoms with Crippen molar-refractivity contribution < 1.29 is 18.0 Å². The molecule has 5 saturated carbocycles. The first-order chi connectivity index (χ1) is 18.5. The van der Waals surface area contributed by atoms with Crippen LogP contribution in [0.2, 0.25) is 0 Å². The van der Waals surface area contributed by atoms with Crippen LogP contribution in [0.5, 0.6) is 0 Å². The van der Waals surface area contributed by atoms with E-state index in [4.69, 9.17) is 0 Å². The van der Waals surface area contributed by atoms with Crippen LogP contribution in [-0.4, -0.2) is 76.6 Å². The van der Waals surface area contributed by atoms with Gasteiger partial charge in [0.15, 0.2) is 0 Å². The van der Waals surface area contributed by atoms with Gasteiger partial charge in [0.1, 0.15) is 0 Å². The van der Waals surface area contributed by atoms with Crippen LogP contribution in [0.15, 0.2) is 12.4 Å². The van der Waals surface area contributed by atoms with E-state index >= 15 is 0 Å². The van der Waals surface area contributed by atoms with Gasteiger partial charge < -0.3 is 20.0 Å². The lowest BCUT2D eigenvalue weighted by molar-refractivity contribution is -0.138. The third-order valence-electron chi connectivity index (χ3n) is 10.9. The van der Waals surface area contributed by atoms with Gasteiger partial charge in [0.25, 0.3) is 0 Å². The average molecular weight is 547 g/mol. The number of likely N-dealkylation sites (tertiary alicyclic amines) is 1. The zero-order valence-electron chi connectivity index (χ0n) is 23.1. The highest BCUT2D eigenvalue weighted by atomic mass is 19.4. The molecule has 2 saturated heterocycles. The summed E-state index contributed by atoms with van der Waals surface area (Å²) in [5.74, 6) is 3.28. The molecule has 4 bridgehead atoms. The Hall–Kier alpha value is -2.10. The summed E-state index contributed by atoms with van der Waals surface area (Å²) in [6.45, 7) is 8.61. The minimum absolute atomic E-state index is 0.0346. The first kappa shape index (κ1) is 25.8. The highest BCUT2D eigenvalue weighted by molar-refractivity contribution is 5.76. The van der Waals surface area contributed by atoms with Crippen LogP contribution in [0.1, 0.15) is 70.8 Å². The number of piperazine rings is 1. The van der Waals surface area contributed by atoms with Crippen molar-refractivity contribution in [1.82, 2.24) is 25.1 Å². The highest BCUT2D eigenvalue weighted by Crippen LogP contribution is 2.61. The van der Waals surface area contributed by atoms with Crippen molar-refractivity contribution in [2.75, 3.05) is 37.6 Å². The lowest BCUT2D eigenvalue weighted by atomic mass is 9.49. The molecule has 0 aromatic carbocycles. The van der Waals surface area contributed by atoms with Crippen LogP contribution in [0.25, 0.3) is 0 Å². The monoisotopic (exact) mass is 546 g/mol. The number of alkyl halides is 3. The van der Waals surface area contributed by atoms with Crippen molar-refractivity contribution in [3.8, 4) is 0 Å². The van der Waals surface area contributed by atoms with Gasteiger partial charge in [0.05, 0.1) is 5.56 Å². The number of aromatic nitrogens is 2. The van der Waals surface area contributed by atoms with E-state index in [1.165, 1.54) is 58.2 Å². The summed E-state index contributed by atoms with van der Waals surface area (Å²) in [7, 11) is 0. The molecule has 1 aromatic heterocycles. The van der Waals surface area contributed by atoms with E-state index in [0.29, 0.717) is 23.9 Å². The number of anilines is 1. The van der Waals surface area contributed by atoms with Gasteiger partial charge in [-0.1, -0.05) is 0 Å². The smallest absolute Gasteiger partial charge is 0.337 e. The molecular weight excluding hydrogens is 505 g/mol. The maximum atomic E-state index is 13.2. The zero-order chi connectivity index (χ0) is 27.2. The minimum atomic E-state index is -4.46. The van der Waals surface area contributed by atoms with Crippen molar-refractivity contribution in [2.24, 2.45) is 28.6 Å². The molecule has 0 radical (unpaired) electrons. The normalized spacial score (nSPS) is 37.6. The molecule has 8 rings (SSSR count). The van der Waals surface area contributed by atoms with Gasteiger partial charge >= 0.3 is 12.2 Å². The van der Waals surface area contributed by atoms with Gasteiger partial charge in [-0.15, -0.1) is 0 Å². The van der Waals surface area contributed by atoms with Crippen LogP contribution < -0.4 is 10.2 Å². The molecule has 7 aliphatic rings. The van der Waals surface area contributed by atoms with Gasteiger partial charge in [-0.2, -0.15) is 13.2 Å². The Morgan fingerprint density at radius 1 is 0.949 bits per heavy atom. The predicted octanol–water partition coefficient (Wildman–Crippen LogP) is 4.78. The molecule has 1 aromatic rings. The average Bonchev–Trinajstić information content (AvgIpc) is 2.79. The number of hydrogen-bond donors (Lipinski definition) is 1. The van der Waals surface area contributed by atoms with E-state index in [2.05, 4.69) is 20.2 Å². The molecule has 2 atom stereocenters. The number of nitrogens with one attached hydrogen (secondary N) is 1. The topological polar surface area (TPSA) is 64.6 Å². The van der Waals surface area contributed by atoms with Crippen LogP contribution >= 0.6 is 0 Å². The first-order valence-corrected chi connectivity index (χ1v) is 14.9. The number of amides is 2. The Balaban J connectivity index is 0.880. The molecule has 3 heterocycles. The Kier molecular flexibility index (Phi) is 5.93. The van der Waals surface area contributed by atoms with Crippen LogP contribution in [0.4, 0.5) is 23.9 Å². The van der Waals surface area contributed by atoms with Crippen LogP contribution in [0.3, 0.4) is 0 Å². The van der Waals surface area contributed by atoms with Gasteiger partial charge in [-0.25, -0.2) is 14.8 Å². The lowest BCUT2D eigenvalue weighted by Gasteiger charge is -2.63. The lowest BCUT2D eigenvalue weighted by Crippen LogP contribution is -2.69. The molecule has 7 nitrogen and oxygen atoms in total. The van der Waals surface area contributed by atoms with Gasteiger partial charge in [-0.05, 0) is 93.8 Å². The first-order valence-electron chi connectivity index (χ1n) is 14.9. The molecule has 1 spiro atoms. The summed E-state index contributed by atoms with van der Waals surface area (Å²) in [5, 5.41) is 3.28. The van der Waals surface area contributed by atoms with Crippen molar-refractivity contribution >= 4 is 12.0 Å².